The summed E-state index contributed by atoms with van der Waals surface area (Å²) in [7, 11) is 0. The number of aryl methyl sites for hydroxylation is 2. The SMILES string of the molecule is CCOCC(=O)N1CC[C@@H](c2cc(C)cc(C)c2)C1. The number of nitrogens with zero attached hydrogens (tertiary/aromatic N) is 1. The van der Waals surface area contributed by atoms with Crippen LogP contribution in [0.15, 0.2) is 18.2 Å². The lowest BCUT2D eigenvalue weighted by Gasteiger charge is -2.17. The zero-order valence-corrected chi connectivity index (χ0v) is 12.1. The van der Waals surface area contributed by atoms with E-state index in [4.69, 9.17) is 4.74 Å². The van der Waals surface area contributed by atoms with E-state index in [0.717, 1.165) is 19.5 Å². The molecule has 0 saturated carbocycles. The van der Waals surface area contributed by atoms with Crippen molar-refractivity contribution < 1.29 is 9.53 Å². The smallest absolute Gasteiger partial charge is 0.248 e. The summed E-state index contributed by atoms with van der Waals surface area (Å²) < 4.78 is 5.20. The highest BCUT2D eigenvalue weighted by atomic mass is 16.5. The van der Waals surface area contributed by atoms with Gasteiger partial charge in [-0.1, -0.05) is 29.3 Å². The quantitative estimate of drug-likeness (QED) is 0.834. The summed E-state index contributed by atoms with van der Waals surface area (Å²) in [5.41, 5.74) is 3.97. The molecular weight excluding hydrogens is 238 g/mol. The molecule has 1 aliphatic heterocycles. The van der Waals surface area contributed by atoms with E-state index >= 15 is 0 Å². The van der Waals surface area contributed by atoms with E-state index in [1.165, 1.54) is 16.7 Å². The molecule has 1 atom stereocenters. The number of likely N-dealkylation sites (tertiary alicyclic amines) is 1. The van der Waals surface area contributed by atoms with Crippen molar-refractivity contribution in [3.63, 3.8) is 0 Å². The average molecular weight is 261 g/mol. The Hall–Kier alpha value is -1.35. The van der Waals surface area contributed by atoms with Gasteiger partial charge in [0, 0.05) is 25.6 Å². The first-order chi connectivity index (χ1) is 9.10. The van der Waals surface area contributed by atoms with E-state index in [9.17, 15) is 4.79 Å². The molecule has 0 aliphatic carbocycles. The van der Waals surface area contributed by atoms with Crippen molar-refractivity contribution in [2.24, 2.45) is 0 Å². The van der Waals surface area contributed by atoms with Crippen LogP contribution >= 0.6 is 0 Å². The molecular formula is C16H23NO2. The minimum absolute atomic E-state index is 0.119. The van der Waals surface area contributed by atoms with E-state index in [2.05, 4.69) is 32.0 Å². The Kier molecular flexibility index (Phi) is 4.59. The predicted molar refractivity (Wildman–Crippen MR) is 76.3 cm³/mol. The summed E-state index contributed by atoms with van der Waals surface area (Å²) in [6.45, 7) is 8.66. The molecule has 3 nitrogen and oxygen atoms in total. The standard InChI is InChI=1S/C16H23NO2/c1-4-19-11-16(18)17-6-5-14(10-17)15-8-12(2)7-13(3)9-15/h7-9,14H,4-6,10-11H2,1-3H3/t14-/m1/s1. The topological polar surface area (TPSA) is 29.5 Å². The Bertz CT molecular complexity index is 436. The van der Waals surface area contributed by atoms with Gasteiger partial charge >= 0.3 is 0 Å². The normalized spacial score (nSPS) is 18.9. The van der Waals surface area contributed by atoms with Gasteiger partial charge in [0.25, 0.3) is 0 Å². The summed E-state index contributed by atoms with van der Waals surface area (Å²) in [4.78, 5) is 13.8. The Balaban J connectivity index is 1.99. The molecule has 1 aromatic rings. The third-order valence-electron chi connectivity index (χ3n) is 3.69. The Morgan fingerprint density at radius 3 is 2.63 bits per heavy atom. The Morgan fingerprint density at radius 2 is 2.00 bits per heavy atom. The maximum atomic E-state index is 11.9. The molecule has 104 valence electrons. The van der Waals surface area contributed by atoms with Crippen LogP contribution in [0.5, 0.6) is 0 Å². The van der Waals surface area contributed by atoms with E-state index < -0.39 is 0 Å². The second-order valence-electron chi connectivity index (χ2n) is 5.38. The van der Waals surface area contributed by atoms with Crippen molar-refractivity contribution in [1.29, 1.82) is 0 Å². The zero-order valence-electron chi connectivity index (χ0n) is 12.1. The summed E-state index contributed by atoms with van der Waals surface area (Å²) in [5, 5.41) is 0. The van der Waals surface area contributed by atoms with Gasteiger partial charge in [0.2, 0.25) is 5.91 Å². The monoisotopic (exact) mass is 261 g/mol. The van der Waals surface area contributed by atoms with Gasteiger partial charge in [-0.05, 0) is 32.8 Å². The highest BCUT2D eigenvalue weighted by Gasteiger charge is 2.27. The average Bonchev–Trinajstić information content (AvgIpc) is 2.84. The number of hydrogen-bond acceptors (Lipinski definition) is 2. The van der Waals surface area contributed by atoms with Crippen LogP contribution in [0, 0.1) is 13.8 Å². The number of hydrogen-bond donors (Lipinski definition) is 0. The van der Waals surface area contributed by atoms with Crippen molar-refractivity contribution in [3.8, 4) is 0 Å². The van der Waals surface area contributed by atoms with Gasteiger partial charge in [-0.25, -0.2) is 0 Å². The number of benzene rings is 1. The zero-order chi connectivity index (χ0) is 13.8. The second-order valence-corrected chi connectivity index (χ2v) is 5.38. The molecule has 1 fully saturated rings. The summed E-state index contributed by atoms with van der Waals surface area (Å²) in [6.07, 6.45) is 1.06. The van der Waals surface area contributed by atoms with Crippen LogP contribution in [0.1, 0.15) is 36.0 Å². The Morgan fingerprint density at radius 1 is 1.32 bits per heavy atom. The fraction of sp³-hybridized carbons (Fsp3) is 0.562. The third-order valence-corrected chi connectivity index (χ3v) is 3.69. The van der Waals surface area contributed by atoms with E-state index in [-0.39, 0.29) is 12.5 Å². The molecule has 0 bridgehead atoms. The van der Waals surface area contributed by atoms with Crippen LogP contribution in [0.4, 0.5) is 0 Å². The molecule has 19 heavy (non-hydrogen) atoms. The van der Waals surface area contributed by atoms with E-state index in [1.54, 1.807) is 0 Å². The van der Waals surface area contributed by atoms with Crippen LogP contribution < -0.4 is 0 Å². The van der Waals surface area contributed by atoms with Crippen molar-refractivity contribution in [2.45, 2.75) is 33.1 Å². The number of carbonyl (C=O) groups excluding carboxylic acids is 1. The first kappa shape index (κ1) is 14.1. The molecule has 1 heterocycles. The van der Waals surface area contributed by atoms with Crippen molar-refractivity contribution in [1.82, 2.24) is 4.90 Å². The third kappa shape index (κ3) is 3.57. The Labute approximate surface area is 115 Å². The van der Waals surface area contributed by atoms with Gasteiger partial charge in [-0.3, -0.25) is 4.79 Å². The molecule has 0 unspecified atom stereocenters. The van der Waals surface area contributed by atoms with Gasteiger partial charge in [-0.15, -0.1) is 0 Å². The largest absolute Gasteiger partial charge is 0.372 e. The van der Waals surface area contributed by atoms with Gasteiger partial charge in [0.1, 0.15) is 6.61 Å². The predicted octanol–water partition coefficient (Wildman–Crippen LogP) is 2.66. The lowest BCUT2D eigenvalue weighted by atomic mass is 9.95. The second kappa shape index (κ2) is 6.20. The van der Waals surface area contributed by atoms with Gasteiger partial charge in [0.05, 0.1) is 0 Å². The minimum Gasteiger partial charge on any atom is -0.372 e. The number of rotatable bonds is 4. The molecule has 3 heteroatoms. The molecule has 1 aromatic carbocycles. The van der Waals surface area contributed by atoms with Crippen molar-refractivity contribution >= 4 is 5.91 Å². The first-order valence-electron chi connectivity index (χ1n) is 7.04. The van der Waals surface area contributed by atoms with Crippen molar-refractivity contribution in [3.05, 3.63) is 34.9 Å². The molecule has 0 N–H and O–H groups in total. The number of ether oxygens (including phenoxy) is 1. The molecule has 1 aliphatic rings. The summed E-state index contributed by atoms with van der Waals surface area (Å²) in [5.74, 6) is 0.595. The van der Waals surface area contributed by atoms with Crippen LogP contribution in [0.25, 0.3) is 0 Å². The molecule has 2 rings (SSSR count). The van der Waals surface area contributed by atoms with Gasteiger partial charge < -0.3 is 9.64 Å². The molecule has 1 amide bonds. The maximum Gasteiger partial charge on any atom is 0.248 e. The van der Waals surface area contributed by atoms with Gasteiger partial charge in [0.15, 0.2) is 0 Å². The van der Waals surface area contributed by atoms with Crippen molar-refractivity contribution in [2.75, 3.05) is 26.3 Å². The van der Waals surface area contributed by atoms with Crippen LogP contribution in [0.3, 0.4) is 0 Å². The first-order valence-corrected chi connectivity index (χ1v) is 7.04. The molecule has 0 radical (unpaired) electrons. The van der Waals surface area contributed by atoms with Gasteiger partial charge in [-0.2, -0.15) is 0 Å². The van der Waals surface area contributed by atoms with E-state index in [0.29, 0.717) is 12.5 Å². The summed E-state index contributed by atoms with van der Waals surface area (Å²) in [6, 6.07) is 6.68. The molecule has 0 aromatic heterocycles. The highest BCUT2D eigenvalue weighted by molar-refractivity contribution is 5.77. The fourth-order valence-corrected chi connectivity index (χ4v) is 2.79. The lowest BCUT2D eigenvalue weighted by molar-refractivity contribution is -0.134. The maximum absolute atomic E-state index is 11.9. The number of carbonyl (C=O) groups is 1. The van der Waals surface area contributed by atoms with E-state index in [1.807, 2.05) is 11.8 Å². The fourth-order valence-electron chi connectivity index (χ4n) is 2.79. The molecule has 1 saturated heterocycles. The van der Waals surface area contributed by atoms with Crippen LogP contribution in [-0.4, -0.2) is 37.1 Å². The van der Waals surface area contributed by atoms with Crippen LogP contribution in [-0.2, 0) is 9.53 Å². The number of amides is 1. The summed E-state index contributed by atoms with van der Waals surface area (Å²) >= 11 is 0. The minimum atomic E-state index is 0.119. The highest BCUT2D eigenvalue weighted by Crippen LogP contribution is 2.28. The molecule has 0 spiro atoms. The van der Waals surface area contributed by atoms with Crippen LogP contribution in [0.2, 0.25) is 0 Å². The lowest BCUT2D eigenvalue weighted by Crippen LogP contribution is -2.31.